The summed E-state index contributed by atoms with van der Waals surface area (Å²) in [5, 5.41) is 14.8. The SMILES string of the molecule is CC(C(=O)Nc1ccc2ccccc2c1)N1CCN(c2ccc(O)cc2)CC1. The lowest BCUT2D eigenvalue weighted by Crippen LogP contribution is -2.52. The van der Waals surface area contributed by atoms with Gasteiger partial charge in [-0.2, -0.15) is 0 Å². The minimum absolute atomic E-state index is 0.0216. The number of rotatable bonds is 4. The van der Waals surface area contributed by atoms with Gasteiger partial charge in [0.1, 0.15) is 5.75 Å². The Kier molecular flexibility index (Phi) is 5.17. The van der Waals surface area contributed by atoms with Crippen molar-refractivity contribution in [2.24, 2.45) is 0 Å². The Morgan fingerprint density at radius 3 is 2.32 bits per heavy atom. The minimum Gasteiger partial charge on any atom is -0.508 e. The van der Waals surface area contributed by atoms with Crippen LogP contribution in [-0.2, 0) is 4.79 Å². The fraction of sp³-hybridized carbons (Fsp3) is 0.261. The number of phenolic OH excluding ortho intramolecular Hbond substituents is 1. The summed E-state index contributed by atoms with van der Waals surface area (Å²) in [7, 11) is 0. The Morgan fingerprint density at radius 1 is 0.929 bits per heavy atom. The molecule has 1 atom stereocenters. The predicted molar refractivity (Wildman–Crippen MR) is 114 cm³/mol. The first-order valence-corrected chi connectivity index (χ1v) is 9.68. The van der Waals surface area contributed by atoms with Gasteiger partial charge in [0.2, 0.25) is 5.91 Å². The van der Waals surface area contributed by atoms with Gasteiger partial charge in [-0.05, 0) is 54.1 Å². The molecule has 1 saturated heterocycles. The first-order valence-electron chi connectivity index (χ1n) is 9.68. The number of carbonyl (C=O) groups is 1. The molecule has 3 aromatic carbocycles. The molecule has 0 spiro atoms. The third kappa shape index (κ3) is 3.94. The molecule has 0 aromatic heterocycles. The summed E-state index contributed by atoms with van der Waals surface area (Å²) in [5.41, 5.74) is 1.93. The smallest absolute Gasteiger partial charge is 0.241 e. The van der Waals surface area contributed by atoms with E-state index in [1.807, 2.05) is 49.4 Å². The number of phenols is 1. The standard InChI is InChI=1S/C23H25N3O2/c1-17(23(28)24-20-7-6-18-4-2-3-5-19(18)16-20)25-12-14-26(15-13-25)21-8-10-22(27)11-9-21/h2-11,16-17,27H,12-15H2,1H3,(H,24,28). The van der Waals surface area contributed by atoms with Crippen LogP contribution in [0.1, 0.15) is 6.92 Å². The van der Waals surface area contributed by atoms with E-state index in [2.05, 4.69) is 27.2 Å². The van der Waals surface area contributed by atoms with E-state index >= 15 is 0 Å². The van der Waals surface area contributed by atoms with Gasteiger partial charge in [-0.1, -0.05) is 30.3 Å². The molecule has 0 aliphatic carbocycles. The fourth-order valence-electron chi connectivity index (χ4n) is 3.71. The zero-order chi connectivity index (χ0) is 19.5. The molecule has 28 heavy (non-hydrogen) atoms. The lowest BCUT2D eigenvalue weighted by atomic mass is 10.1. The molecule has 1 aliphatic heterocycles. The monoisotopic (exact) mass is 375 g/mol. The predicted octanol–water partition coefficient (Wildman–Crippen LogP) is 3.69. The molecule has 1 fully saturated rings. The number of piperazine rings is 1. The molecule has 0 radical (unpaired) electrons. The van der Waals surface area contributed by atoms with Crippen LogP contribution in [-0.4, -0.2) is 48.1 Å². The molecule has 1 aliphatic rings. The first-order chi connectivity index (χ1) is 13.6. The quantitative estimate of drug-likeness (QED) is 0.730. The molecule has 1 unspecified atom stereocenters. The normalized spacial score (nSPS) is 16.1. The van der Waals surface area contributed by atoms with E-state index in [4.69, 9.17) is 0 Å². The summed E-state index contributed by atoms with van der Waals surface area (Å²) in [6.07, 6.45) is 0. The number of benzene rings is 3. The number of nitrogens with zero attached hydrogens (tertiary/aromatic N) is 2. The topological polar surface area (TPSA) is 55.8 Å². The maximum atomic E-state index is 12.7. The number of aromatic hydroxyl groups is 1. The van der Waals surface area contributed by atoms with E-state index in [0.29, 0.717) is 0 Å². The van der Waals surface area contributed by atoms with E-state index in [1.165, 1.54) is 5.39 Å². The van der Waals surface area contributed by atoms with Crippen LogP contribution in [0.25, 0.3) is 10.8 Å². The zero-order valence-corrected chi connectivity index (χ0v) is 16.0. The van der Waals surface area contributed by atoms with E-state index in [9.17, 15) is 9.90 Å². The lowest BCUT2D eigenvalue weighted by Gasteiger charge is -2.38. The van der Waals surface area contributed by atoms with Crippen LogP contribution in [0, 0.1) is 0 Å². The summed E-state index contributed by atoms with van der Waals surface area (Å²) in [4.78, 5) is 17.2. The maximum Gasteiger partial charge on any atom is 0.241 e. The average molecular weight is 375 g/mol. The third-order valence-electron chi connectivity index (χ3n) is 5.47. The highest BCUT2D eigenvalue weighted by molar-refractivity contribution is 5.97. The molecule has 5 heteroatoms. The van der Waals surface area contributed by atoms with Crippen molar-refractivity contribution in [1.82, 2.24) is 4.90 Å². The number of fused-ring (bicyclic) bond motifs is 1. The number of nitrogens with one attached hydrogen (secondary N) is 1. The Balaban J connectivity index is 1.35. The third-order valence-corrected chi connectivity index (χ3v) is 5.47. The van der Waals surface area contributed by atoms with Crippen molar-refractivity contribution in [2.75, 3.05) is 36.4 Å². The van der Waals surface area contributed by atoms with E-state index in [1.54, 1.807) is 12.1 Å². The molecular weight excluding hydrogens is 350 g/mol. The Labute approximate surface area is 165 Å². The summed E-state index contributed by atoms with van der Waals surface area (Å²) in [5.74, 6) is 0.301. The van der Waals surface area contributed by atoms with Gasteiger partial charge in [0.15, 0.2) is 0 Å². The molecule has 2 N–H and O–H groups in total. The van der Waals surface area contributed by atoms with Crippen molar-refractivity contribution in [1.29, 1.82) is 0 Å². The van der Waals surface area contributed by atoms with Crippen LogP contribution < -0.4 is 10.2 Å². The summed E-state index contributed by atoms with van der Waals surface area (Å²) < 4.78 is 0. The van der Waals surface area contributed by atoms with E-state index < -0.39 is 0 Å². The molecule has 4 rings (SSSR count). The highest BCUT2D eigenvalue weighted by atomic mass is 16.3. The van der Waals surface area contributed by atoms with Crippen molar-refractivity contribution in [3.05, 3.63) is 66.7 Å². The largest absolute Gasteiger partial charge is 0.508 e. The molecule has 0 bridgehead atoms. The maximum absolute atomic E-state index is 12.7. The fourth-order valence-corrected chi connectivity index (χ4v) is 3.71. The van der Waals surface area contributed by atoms with Crippen LogP contribution in [0.15, 0.2) is 66.7 Å². The van der Waals surface area contributed by atoms with Gasteiger partial charge in [-0.25, -0.2) is 0 Å². The zero-order valence-electron chi connectivity index (χ0n) is 16.0. The van der Waals surface area contributed by atoms with Gasteiger partial charge in [0, 0.05) is 37.6 Å². The second-order valence-corrected chi connectivity index (χ2v) is 7.27. The number of anilines is 2. The number of hydrogen-bond acceptors (Lipinski definition) is 4. The molecule has 0 saturated carbocycles. The first kappa shape index (κ1) is 18.3. The van der Waals surface area contributed by atoms with Gasteiger partial charge in [0.05, 0.1) is 6.04 Å². The van der Waals surface area contributed by atoms with Crippen molar-refractivity contribution >= 4 is 28.1 Å². The van der Waals surface area contributed by atoms with Crippen LogP contribution in [0.5, 0.6) is 5.75 Å². The molecule has 144 valence electrons. The van der Waals surface area contributed by atoms with E-state index in [0.717, 1.165) is 42.9 Å². The van der Waals surface area contributed by atoms with Crippen LogP contribution in [0.2, 0.25) is 0 Å². The van der Waals surface area contributed by atoms with E-state index in [-0.39, 0.29) is 17.7 Å². The van der Waals surface area contributed by atoms with Crippen molar-refractivity contribution in [3.8, 4) is 5.75 Å². The molecule has 1 heterocycles. The Morgan fingerprint density at radius 2 is 1.61 bits per heavy atom. The number of amides is 1. The minimum atomic E-state index is -0.187. The average Bonchev–Trinajstić information content (AvgIpc) is 2.74. The highest BCUT2D eigenvalue weighted by Gasteiger charge is 2.25. The molecular formula is C23H25N3O2. The van der Waals surface area contributed by atoms with Gasteiger partial charge < -0.3 is 15.3 Å². The number of carbonyl (C=O) groups excluding carboxylic acids is 1. The number of hydrogen-bond donors (Lipinski definition) is 2. The molecule has 3 aromatic rings. The lowest BCUT2D eigenvalue weighted by molar-refractivity contribution is -0.120. The second-order valence-electron chi connectivity index (χ2n) is 7.27. The van der Waals surface area contributed by atoms with Crippen LogP contribution >= 0.6 is 0 Å². The van der Waals surface area contributed by atoms with Crippen molar-refractivity contribution in [3.63, 3.8) is 0 Å². The highest BCUT2D eigenvalue weighted by Crippen LogP contribution is 2.22. The van der Waals surface area contributed by atoms with Gasteiger partial charge in [0.25, 0.3) is 0 Å². The summed E-state index contributed by atoms with van der Waals surface area (Å²) in [6, 6.07) is 21.2. The van der Waals surface area contributed by atoms with Crippen molar-refractivity contribution < 1.29 is 9.90 Å². The summed E-state index contributed by atoms with van der Waals surface area (Å²) in [6.45, 7) is 5.34. The molecule has 1 amide bonds. The Bertz CT molecular complexity index is 963. The Hall–Kier alpha value is -3.05. The van der Waals surface area contributed by atoms with Gasteiger partial charge >= 0.3 is 0 Å². The second kappa shape index (κ2) is 7.90. The van der Waals surface area contributed by atoms with Gasteiger partial charge in [-0.3, -0.25) is 9.69 Å². The van der Waals surface area contributed by atoms with Gasteiger partial charge in [-0.15, -0.1) is 0 Å². The van der Waals surface area contributed by atoms with Crippen LogP contribution in [0.3, 0.4) is 0 Å². The van der Waals surface area contributed by atoms with Crippen LogP contribution in [0.4, 0.5) is 11.4 Å². The molecule has 5 nitrogen and oxygen atoms in total. The van der Waals surface area contributed by atoms with Crippen molar-refractivity contribution in [2.45, 2.75) is 13.0 Å². The summed E-state index contributed by atoms with van der Waals surface area (Å²) >= 11 is 0.